The summed E-state index contributed by atoms with van der Waals surface area (Å²) >= 11 is 5.77. The molecule has 0 aliphatic carbocycles. The second-order valence-corrected chi connectivity index (χ2v) is 4.34. The van der Waals surface area contributed by atoms with Crippen LogP contribution in [0, 0.1) is 0 Å². The molecule has 0 saturated carbocycles. The summed E-state index contributed by atoms with van der Waals surface area (Å²) in [5, 5.41) is 4.23. The molecule has 0 saturated heterocycles. The van der Waals surface area contributed by atoms with Gasteiger partial charge in [-0.25, -0.2) is 4.68 Å². The maximum atomic E-state index is 11.7. The van der Waals surface area contributed by atoms with E-state index < -0.39 is 0 Å². The third-order valence-corrected chi connectivity index (χ3v) is 3.03. The molecule has 0 spiro atoms. The second-order valence-electron chi connectivity index (χ2n) is 4.07. The molecule has 5 heteroatoms. The van der Waals surface area contributed by atoms with E-state index in [1.54, 1.807) is 13.1 Å². The van der Waals surface area contributed by atoms with E-state index >= 15 is 0 Å². The van der Waals surface area contributed by atoms with Crippen LogP contribution < -0.4 is 10.3 Å². The van der Waals surface area contributed by atoms with Crippen molar-refractivity contribution in [3.8, 4) is 17.0 Å². The molecule has 2 aromatic rings. The van der Waals surface area contributed by atoms with Crippen molar-refractivity contribution >= 4 is 11.6 Å². The molecule has 0 bridgehead atoms. The van der Waals surface area contributed by atoms with Crippen molar-refractivity contribution in [1.29, 1.82) is 0 Å². The third kappa shape index (κ3) is 2.96. The first kappa shape index (κ1) is 13.6. The summed E-state index contributed by atoms with van der Waals surface area (Å²) in [6, 6.07) is 9.31. The normalized spacial score (nSPS) is 10.5. The Morgan fingerprint density at radius 1 is 1.32 bits per heavy atom. The van der Waals surface area contributed by atoms with Gasteiger partial charge in [0.05, 0.1) is 18.2 Å². The average molecular weight is 279 g/mol. The van der Waals surface area contributed by atoms with Gasteiger partial charge < -0.3 is 4.74 Å². The zero-order valence-electron chi connectivity index (χ0n) is 10.9. The maximum Gasteiger partial charge on any atom is 0.270 e. The van der Waals surface area contributed by atoms with Gasteiger partial charge in [0.2, 0.25) is 0 Å². The van der Waals surface area contributed by atoms with Gasteiger partial charge in [-0.1, -0.05) is 0 Å². The Bertz CT molecular complexity index is 620. The number of benzene rings is 1. The van der Waals surface area contributed by atoms with E-state index in [1.165, 1.54) is 4.68 Å². The van der Waals surface area contributed by atoms with Crippen LogP contribution in [0.15, 0.2) is 35.1 Å². The van der Waals surface area contributed by atoms with Crippen molar-refractivity contribution in [3.05, 3.63) is 46.2 Å². The van der Waals surface area contributed by atoms with Crippen LogP contribution in [0.2, 0.25) is 0 Å². The standard InChI is InChI=1S/C14H15ClN2O2/c1-3-19-12-6-4-10(5-7-12)13-8-11(9-15)14(18)17(2)16-13/h4-8H,3,9H2,1-2H3. The van der Waals surface area contributed by atoms with Crippen molar-refractivity contribution in [2.45, 2.75) is 12.8 Å². The van der Waals surface area contributed by atoms with Gasteiger partial charge in [-0.05, 0) is 37.3 Å². The Morgan fingerprint density at radius 2 is 2.00 bits per heavy atom. The molecular weight excluding hydrogens is 264 g/mol. The monoisotopic (exact) mass is 278 g/mol. The van der Waals surface area contributed by atoms with Gasteiger partial charge in [0.25, 0.3) is 5.56 Å². The van der Waals surface area contributed by atoms with Crippen LogP contribution in [-0.4, -0.2) is 16.4 Å². The van der Waals surface area contributed by atoms with Crippen molar-refractivity contribution < 1.29 is 4.74 Å². The van der Waals surface area contributed by atoms with E-state index in [0.717, 1.165) is 17.0 Å². The largest absolute Gasteiger partial charge is 0.494 e. The Morgan fingerprint density at radius 3 is 2.58 bits per heavy atom. The molecule has 0 fully saturated rings. The highest BCUT2D eigenvalue weighted by Crippen LogP contribution is 2.20. The smallest absolute Gasteiger partial charge is 0.270 e. The highest BCUT2D eigenvalue weighted by atomic mass is 35.5. The molecule has 0 atom stereocenters. The molecule has 1 aromatic heterocycles. The van der Waals surface area contributed by atoms with Crippen LogP contribution in [0.25, 0.3) is 11.3 Å². The van der Waals surface area contributed by atoms with Gasteiger partial charge in [0.15, 0.2) is 0 Å². The van der Waals surface area contributed by atoms with Gasteiger partial charge >= 0.3 is 0 Å². The van der Waals surface area contributed by atoms with Gasteiger partial charge in [-0.15, -0.1) is 11.6 Å². The number of aryl methyl sites for hydroxylation is 1. The summed E-state index contributed by atoms with van der Waals surface area (Å²) in [5.41, 5.74) is 2.03. The zero-order chi connectivity index (χ0) is 13.8. The Kier molecular flexibility index (Phi) is 4.22. The molecule has 0 unspecified atom stereocenters. The molecule has 0 N–H and O–H groups in total. The summed E-state index contributed by atoms with van der Waals surface area (Å²) in [6.07, 6.45) is 0. The quantitative estimate of drug-likeness (QED) is 0.808. The van der Waals surface area contributed by atoms with Crippen LogP contribution in [0.3, 0.4) is 0 Å². The van der Waals surface area contributed by atoms with E-state index in [1.807, 2.05) is 31.2 Å². The number of alkyl halides is 1. The molecule has 19 heavy (non-hydrogen) atoms. The zero-order valence-corrected chi connectivity index (χ0v) is 11.6. The number of hydrogen-bond donors (Lipinski definition) is 0. The molecule has 2 rings (SSSR count). The molecule has 0 radical (unpaired) electrons. The minimum absolute atomic E-state index is 0.162. The third-order valence-electron chi connectivity index (χ3n) is 2.74. The lowest BCUT2D eigenvalue weighted by atomic mass is 10.1. The first-order valence-electron chi connectivity index (χ1n) is 6.02. The molecule has 4 nitrogen and oxygen atoms in total. The molecule has 1 heterocycles. The highest BCUT2D eigenvalue weighted by Gasteiger charge is 2.07. The SMILES string of the molecule is CCOc1ccc(-c2cc(CCl)c(=O)n(C)n2)cc1. The number of ether oxygens (including phenoxy) is 1. The van der Waals surface area contributed by atoms with E-state index in [-0.39, 0.29) is 11.4 Å². The number of nitrogens with zero attached hydrogens (tertiary/aromatic N) is 2. The van der Waals surface area contributed by atoms with Gasteiger partial charge in [-0.3, -0.25) is 4.79 Å². The van der Waals surface area contributed by atoms with Crippen LogP contribution in [0.5, 0.6) is 5.75 Å². The van der Waals surface area contributed by atoms with E-state index in [4.69, 9.17) is 16.3 Å². The molecule has 0 amide bonds. The molecular formula is C14H15ClN2O2. The summed E-state index contributed by atoms with van der Waals surface area (Å²) in [6.45, 7) is 2.57. The van der Waals surface area contributed by atoms with E-state index in [2.05, 4.69) is 5.10 Å². The van der Waals surface area contributed by atoms with Crippen LogP contribution >= 0.6 is 11.6 Å². The minimum Gasteiger partial charge on any atom is -0.494 e. The van der Waals surface area contributed by atoms with Crippen molar-refractivity contribution in [2.75, 3.05) is 6.61 Å². The van der Waals surface area contributed by atoms with Crippen LogP contribution in [0.4, 0.5) is 0 Å². The summed E-state index contributed by atoms with van der Waals surface area (Å²) < 4.78 is 6.70. The fourth-order valence-electron chi connectivity index (χ4n) is 1.80. The van der Waals surface area contributed by atoms with E-state index in [0.29, 0.717) is 12.2 Å². The molecule has 1 aromatic carbocycles. The predicted molar refractivity (Wildman–Crippen MR) is 75.6 cm³/mol. The van der Waals surface area contributed by atoms with E-state index in [9.17, 15) is 4.79 Å². The van der Waals surface area contributed by atoms with Crippen molar-refractivity contribution in [1.82, 2.24) is 9.78 Å². The van der Waals surface area contributed by atoms with Gasteiger partial charge in [0, 0.05) is 18.2 Å². The first-order chi connectivity index (χ1) is 9.15. The highest BCUT2D eigenvalue weighted by molar-refractivity contribution is 6.17. The number of halogens is 1. The fraction of sp³-hybridized carbons (Fsp3) is 0.286. The predicted octanol–water partition coefficient (Wildman–Crippen LogP) is 2.58. The molecule has 0 aliphatic rings. The fourth-order valence-corrected chi connectivity index (χ4v) is 1.99. The topological polar surface area (TPSA) is 44.1 Å². The first-order valence-corrected chi connectivity index (χ1v) is 6.55. The maximum absolute atomic E-state index is 11.7. The summed E-state index contributed by atoms with van der Waals surface area (Å²) in [7, 11) is 1.62. The van der Waals surface area contributed by atoms with Crippen LogP contribution in [-0.2, 0) is 12.9 Å². The second kappa shape index (κ2) is 5.89. The lowest BCUT2D eigenvalue weighted by molar-refractivity contribution is 0.340. The van der Waals surface area contributed by atoms with Crippen LogP contribution in [0.1, 0.15) is 12.5 Å². The van der Waals surface area contributed by atoms with Gasteiger partial charge in [-0.2, -0.15) is 5.10 Å². The Hall–Kier alpha value is -1.81. The lowest BCUT2D eigenvalue weighted by Gasteiger charge is -2.07. The average Bonchev–Trinajstić information content (AvgIpc) is 2.43. The minimum atomic E-state index is -0.162. The van der Waals surface area contributed by atoms with Gasteiger partial charge in [0.1, 0.15) is 5.75 Å². The molecule has 100 valence electrons. The Labute approximate surface area is 116 Å². The Balaban J connectivity index is 2.41. The van der Waals surface area contributed by atoms with Crippen molar-refractivity contribution in [2.24, 2.45) is 7.05 Å². The van der Waals surface area contributed by atoms with Crippen molar-refractivity contribution in [3.63, 3.8) is 0 Å². The molecule has 0 aliphatic heterocycles. The summed E-state index contributed by atoms with van der Waals surface area (Å²) in [5.74, 6) is 0.993. The summed E-state index contributed by atoms with van der Waals surface area (Å²) in [4.78, 5) is 11.7. The number of aromatic nitrogens is 2. The number of hydrogen-bond acceptors (Lipinski definition) is 3. The number of rotatable bonds is 4. The lowest BCUT2D eigenvalue weighted by Crippen LogP contribution is -2.23.